The largest absolute Gasteiger partial charge is 0.447 e. The maximum absolute atomic E-state index is 13.9. The van der Waals surface area contributed by atoms with Crippen molar-refractivity contribution in [2.75, 3.05) is 0 Å². The van der Waals surface area contributed by atoms with Crippen LogP contribution in [0, 0.1) is 9.58 Å². The van der Waals surface area contributed by atoms with Crippen LogP contribution in [0.1, 0.15) is 15.9 Å². The standard InChI is InChI=1S/C10H5FINO2/c11-8-7-5(3-13-10(7)14)1-4-2-6(12)15-9(4)8/h1-2H,3H2,(H,13,14). The lowest BCUT2D eigenvalue weighted by atomic mass is 10.1. The van der Waals surface area contributed by atoms with E-state index in [1.165, 1.54) is 0 Å². The molecular weight excluding hydrogens is 312 g/mol. The molecule has 76 valence electrons. The highest BCUT2D eigenvalue weighted by Crippen LogP contribution is 2.30. The quantitative estimate of drug-likeness (QED) is 0.758. The zero-order valence-corrected chi connectivity index (χ0v) is 9.59. The fraction of sp³-hybridized carbons (Fsp3) is 0.100. The molecule has 5 heteroatoms. The number of fused-ring (bicyclic) bond motifs is 2. The van der Waals surface area contributed by atoms with Crippen molar-refractivity contribution < 1.29 is 13.6 Å². The summed E-state index contributed by atoms with van der Waals surface area (Å²) < 4.78 is 19.7. The summed E-state index contributed by atoms with van der Waals surface area (Å²) in [4.78, 5) is 11.3. The molecule has 0 atom stereocenters. The average molecular weight is 317 g/mol. The highest BCUT2D eigenvalue weighted by molar-refractivity contribution is 14.1. The molecule has 0 radical (unpaired) electrons. The second-order valence-electron chi connectivity index (χ2n) is 3.38. The van der Waals surface area contributed by atoms with Gasteiger partial charge in [0.05, 0.1) is 5.56 Å². The Balaban J connectivity index is 2.45. The van der Waals surface area contributed by atoms with E-state index in [1.807, 2.05) is 22.6 Å². The van der Waals surface area contributed by atoms with Gasteiger partial charge >= 0.3 is 0 Å². The summed E-state index contributed by atoms with van der Waals surface area (Å²) in [5, 5.41) is 3.28. The molecule has 3 nitrogen and oxygen atoms in total. The van der Waals surface area contributed by atoms with Crippen LogP contribution in [-0.4, -0.2) is 5.91 Å². The minimum absolute atomic E-state index is 0.119. The molecule has 15 heavy (non-hydrogen) atoms. The van der Waals surface area contributed by atoms with Gasteiger partial charge in [-0.1, -0.05) is 0 Å². The first kappa shape index (κ1) is 9.14. The van der Waals surface area contributed by atoms with Crippen LogP contribution in [0.5, 0.6) is 0 Å². The molecule has 3 rings (SSSR count). The van der Waals surface area contributed by atoms with Crippen LogP contribution in [0.2, 0.25) is 0 Å². The number of hydrogen-bond donors (Lipinski definition) is 1. The molecular formula is C10H5FINO2. The Morgan fingerprint density at radius 2 is 2.27 bits per heavy atom. The van der Waals surface area contributed by atoms with Crippen LogP contribution in [0.15, 0.2) is 16.5 Å². The number of rotatable bonds is 0. The van der Waals surface area contributed by atoms with Crippen LogP contribution in [-0.2, 0) is 6.54 Å². The number of halogens is 2. The number of benzene rings is 1. The summed E-state index contributed by atoms with van der Waals surface area (Å²) in [7, 11) is 0. The molecule has 0 saturated heterocycles. The van der Waals surface area contributed by atoms with Crippen LogP contribution in [0.3, 0.4) is 0 Å². The van der Waals surface area contributed by atoms with Crippen molar-refractivity contribution in [2.45, 2.75) is 6.54 Å². The third-order valence-electron chi connectivity index (χ3n) is 2.47. The third kappa shape index (κ3) is 1.19. The molecule has 0 spiro atoms. The maximum atomic E-state index is 13.9. The molecule has 1 N–H and O–H groups in total. The monoisotopic (exact) mass is 317 g/mol. The topological polar surface area (TPSA) is 42.2 Å². The SMILES string of the molecule is O=C1NCc2cc3cc(I)oc3c(F)c21. The van der Waals surface area contributed by atoms with E-state index in [2.05, 4.69) is 5.32 Å². The van der Waals surface area contributed by atoms with Crippen molar-refractivity contribution in [3.63, 3.8) is 0 Å². The number of amides is 1. The number of nitrogens with one attached hydrogen (secondary N) is 1. The van der Waals surface area contributed by atoms with Crippen molar-refractivity contribution in [1.82, 2.24) is 5.32 Å². The second-order valence-corrected chi connectivity index (χ2v) is 4.44. The average Bonchev–Trinajstić information content (AvgIpc) is 2.71. The lowest BCUT2D eigenvalue weighted by Crippen LogP contribution is -2.13. The van der Waals surface area contributed by atoms with Gasteiger partial charge in [-0.15, -0.1) is 0 Å². The van der Waals surface area contributed by atoms with E-state index >= 15 is 0 Å². The van der Waals surface area contributed by atoms with Gasteiger partial charge in [0.2, 0.25) is 0 Å². The van der Waals surface area contributed by atoms with Gasteiger partial charge in [0.25, 0.3) is 5.91 Å². The van der Waals surface area contributed by atoms with Crippen molar-refractivity contribution in [3.05, 3.63) is 32.8 Å². The smallest absolute Gasteiger partial charge is 0.255 e. The summed E-state index contributed by atoms with van der Waals surface area (Å²) in [6.07, 6.45) is 0. The Morgan fingerprint density at radius 1 is 1.47 bits per heavy atom. The van der Waals surface area contributed by atoms with Crippen molar-refractivity contribution >= 4 is 39.5 Å². The first-order chi connectivity index (χ1) is 7.16. The van der Waals surface area contributed by atoms with Crippen molar-refractivity contribution in [1.29, 1.82) is 0 Å². The number of carbonyl (C=O) groups excluding carboxylic acids is 1. The zero-order chi connectivity index (χ0) is 10.6. The van der Waals surface area contributed by atoms with Gasteiger partial charge in [0.1, 0.15) is 0 Å². The molecule has 1 aliphatic heterocycles. The Hall–Kier alpha value is -1.11. The highest BCUT2D eigenvalue weighted by Gasteiger charge is 2.26. The molecule has 0 saturated carbocycles. The van der Waals surface area contributed by atoms with Crippen LogP contribution < -0.4 is 5.32 Å². The summed E-state index contributed by atoms with van der Waals surface area (Å²) >= 11 is 1.97. The summed E-state index contributed by atoms with van der Waals surface area (Å²) in [5.41, 5.74) is 0.977. The Kier molecular flexibility index (Phi) is 1.79. The fourth-order valence-electron chi connectivity index (χ4n) is 1.82. The molecule has 1 aliphatic rings. The Labute approximate surface area is 97.8 Å². The zero-order valence-electron chi connectivity index (χ0n) is 7.43. The van der Waals surface area contributed by atoms with Crippen molar-refractivity contribution in [2.24, 2.45) is 0 Å². The van der Waals surface area contributed by atoms with E-state index in [9.17, 15) is 9.18 Å². The van der Waals surface area contributed by atoms with Gasteiger partial charge in [-0.2, -0.15) is 0 Å². The van der Waals surface area contributed by atoms with Gasteiger partial charge in [0.15, 0.2) is 15.2 Å². The van der Waals surface area contributed by atoms with Crippen LogP contribution in [0.25, 0.3) is 11.0 Å². The minimum atomic E-state index is -0.555. The number of furan rings is 1. The van der Waals surface area contributed by atoms with E-state index in [-0.39, 0.29) is 17.1 Å². The van der Waals surface area contributed by atoms with Gasteiger partial charge in [0, 0.05) is 11.9 Å². The van der Waals surface area contributed by atoms with Gasteiger partial charge in [-0.25, -0.2) is 4.39 Å². The summed E-state index contributed by atoms with van der Waals surface area (Å²) in [5.74, 6) is -0.920. The van der Waals surface area contributed by atoms with Crippen molar-refractivity contribution in [3.8, 4) is 0 Å². The number of carbonyl (C=O) groups is 1. The van der Waals surface area contributed by atoms with Gasteiger partial charge in [-0.3, -0.25) is 4.79 Å². The van der Waals surface area contributed by atoms with E-state index < -0.39 is 5.82 Å². The lowest BCUT2D eigenvalue weighted by Gasteiger charge is -1.98. The van der Waals surface area contributed by atoms with E-state index in [1.54, 1.807) is 12.1 Å². The predicted octanol–water partition coefficient (Wildman–Crippen LogP) is 2.42. The van der Waals surface area contributed by atoms with Crippen LogP contribution in [0.4, 0.5) is 4.39 Å². The van der Waals surface area contributed by atoms with Gasteiger partial charge < -0.3 is 9.73 Å². The Morgan fingerprint density at radius 3 is 3.07 bits per heavy atom. The molecule has 2 heterocycles. The molecule has 0 aliphatic carbocycles. The predicted molar refractivity (Wildman–Crippen MR) is 60.1 cm³/mol. The first-order valence-corrected chi connectivity index (χ1v) is 5.43. The molecule has 2 aromatic rings. The van der Waals surface area contributed by atoms with Crippen LogP contribution >= 0.6 is 22.6 Å². The second kappa shape index (κ2) is 2.94. The first-order valence-electron chi connectivity index (χ1n) is 4.35. The molecule has 1 aromatic carbocycles. The highest BCUT2D eigenvalue weighted by atomic mass is 127. The molecule has 1 amide bonds. The van der Waals surface area contributed by atoms with E-state index in [0.717, 1.165) is 0 Å². The Bertz CT molecular complexity index is 591. The molecule has 0 bridgehead atoms. The number of hydrogen-bond acceptors (Lipinski definition) is 2. The fourth-order valence-corrected chi connectivity index (χ4v) is 2.37. The molecule has 0 fully saturated rings. The van der Waals surface area contributed by atoms with Gasteiger partial charge in [-0.05, 0) is 40.3 Å². The van der Waals surface area contributed by atoms with E-state index in [0.29, 0.717) is 21.3 Å². The molecule has 0 unspecified atom stereocenters. The molecule has 1 aromatic heterocycles. The maximum Gasteiger partial charge on any atom is 0.255 e. The lowest BCUT2D eigenvalue weighted by molar-refractivity contribution is 0.0962. The minimum Gasteiger partial charge on any atom is -0.447 e. The summed E-state index contributed by atoms with van der Waals surface area (Å²) in [6, 6.07) is 3.54. The summed E-state index contributed by atoms with van der Waals surface area (Å²) in [6.45, 7) is 0.392. The van der Waals surface area contributed by atoms with E-state index in [4.69, 9.17) is 4.42 Å². The normalized spacial score (nSPS) is 14.4. The third-order valence-corrected chi connectivity index (χ3v) is 3.00.